The second-order valence-corrected chi connectivity index (χ2v) is 9.34. The van der Waals surface area contributed by atoms with Crippen LogP contribution in [0.2, 0.25) is 0 Å². The Morgan fingerprint density at radius 2 is 1.83 bits per heavy atom. The molecule has 29 heavy (non-hydrogen) atoms. The van der Waals surface area contributed by atoms with Gasteiger partial charge in [0.15, 0.2) is 0 Å². The summed E-state index contributed by atoms with van der Waals surface area (Å²) in [5, 5.41) is 7.86. The van der Waals surface area contributed by atoms with E-state index >= 15 is 0 Å². The summed E-state index contributed by atoms with van der Waals surface area (Å²) in [7, 11) is 0. The van der Waals surface area contributed by atoms with Crippen LogP contribution in [0.5, 0.6) is 0 Å². The molecule has 1 saturated heterocycles. The minimum atomic E-state index is -0.567. The number of hydrogen-bond donors (Lipinski definition) is 2. The smallest absolute Gasteiger partial charge is 0.262 e. The van der Waals surface area contributed by atoms with E-state index in [-0.39, 0.29) is 35.6 Å². The Bertz CT molecular complexity index is 692. The van der Waals surface area contributed by atoms with Gasteiger partial charge in [0.05, 0.1) is 4.88 Å². The molecule has 1 aromatic heterocycles. The van der Waals surface area contributed by atoms with Crippen LogP contribution in [0.25, 0.3) is 0 Å². The maximum Gasteiger partial charge on any atom is 0.262 e. The topological polar surface area (TPSA) is 78.5 Å². The summed E-state index contributed by atoms with van der Waals surface area (Å²) in [6.07, 6.45) is 6.64. The number of piperidine rings is 1. The number of carbonyl (C=O) groups excluding carboxylic acids is 3. The van der Waals surface area contributed by atoms with Gasteiger partial charge in [-0.25, -0.2) is 0 Å². The normalized spacial score (nSPS) is 20.3. The predicted molar refractivity (Wildman–Crippen MR) is 115 cm³/mol. The molecule has 1 aliphatic heterocycles. The number of nitrogens with one attached hydrogen (secondary N) is 2. The van der Waals surface area contributed by atoms with E-state index in [1.165, 1.54) is 11.3 Å². The first kappa shape index (κ1) is 21.8. The zero-order valence-electron chi connectivity index (χ0n) is 17.5. The minimum absolute atomic E-state index is 0.0376. The van der Waals surface area contributed by atoms with E-state index in [9.17, 15) is 14.4 Å². The third-order valence-electron chi connectivity index (χ3n) is 6.34. The van der Waals surface area contributed by atoms with Crippen LogP contribution in [0.15, 0.2) is 17.5 Å². The molecule has 2 aliphatic rings. The van der Waals surface area contributed by atoms with Crippen LogP contribution in [0.1, 0.15) is 68.5 Å². The van der Waals surface area contributed by atoms with E-state index in [1.807, 2.05) is 30.2 Å². The van der Waals surface area contributed by atoms with Crippen molar-refractivity contribution in [3.05, 3.63) is 22.4 Å². The fraction of sp³-hybridized carbons (Fsp3) is 0.682. The van der Waals surface area contributed by atoms with Gasteiger partial charge in [-0.2, -0.15) is 0 Å². The fourth-order valence-corrected chi connectivity index (χ4v) is 4.96. The zero-order chi connectivity index (χ0) is 20.8. The highest BCUT2D eigenvalue weighted by Gasteiger charge is 2.36. The van der Waals surface area contributed by atoms with Gasteiger partial charge in [0.1, 0.15) is 6.04 Å². The molecular formula is C22H33N3O3S. The first-order valence-electron chi connectivity index (χ1n) is 10.9. The molecule has 2 fully saturated rings. The summed E-state index contributed by atoms with van der Waals surface area (Å²) in [5.41, 5.74) is 0. The van der Waals surface area contributed by atoms with Gasteiger partial charge in [0, 0.05) is 25.0 Å². The van der Waals surface area contributed by atoms with Gasteiger partial charge in [0.25, 0.3) is 5.91 Å². The number of rotatable bonds is 7. The number of likely N-dealkylation sites (tertiary alicyclic amines) is 1. The monoisotopic (exact) mass is 419 g/mol. The van der Waals surface area contributed by atoms with E-state index in [0.29, 0.717) is 18.0 Å². The standard InChI is InChI=1S/C22H33N3O3S/c1-3-15(2)23-21(27)19(24-20(26)18-9-6-14-29-18)16-10-12-25(13-11-16)22(28)17-7-4-5-8-17/h6,9,14-17,19H,3-5,7-8,10-13H2,1-2H3,(H,23,27)(H,24,26). The summed E-state index contributed by atoms with van der Waals surface area (Å²) < 4.78 is 0. The van der Waals surface area contributed by atoms with Crippen molar-refractivity contribution in [1.82, 2.24) is 15.5 Å². The lowest BCUT2D eigenvalue weighted by molar-refractivity contribution is -0.137. The Kier molecular flexibility index (Phi) is 7.70. The van der Waals surface area contributed by atoms with Crippen molar-refractivity contribution in [3.8, 4) is 0 Å². The molecule has 1 saturated carbocycles. The lowest BCUT2D eigenvalue weighted by Gasteiger charge is -2.37. The van der Waals surface area contributed by atoms with E-state index in [4.69, 9.17) is 0 Å². The highest BCUT2D eigenvalue weighted by molar-refractivity contribution is 7.12. The Balaban J connectivity index is 1.63. The van der Waals surface area contributed by atoms with Crippen molar-refractivity contribution in [2.45, 2.75) is 70.9 Å². The highest BCUT2D eigenvalue weighted by Crippen LogP contribution is 2.29. The molecule has 6 nitrogen and oxygen atoms in total. The fourth-order valence-electron chi connectivity index (χ4n) is 4.34. The number of hydrogen-bond acceptors (Lipinski definition) is 4. The van der Waals surface area contributed by atoms with E-state index in [0.717, 1.165) is 44.9 Å². The van der Waals surface area contributed by atoms with E-state index in [2.05, 4.69) is 10.6 Å². The average Bonchev–Trinajstić information content (AvgIpc) is 3.45. The third kappa shape index (κ3) is 5.59. The minimum Gasteiger partial charge on any atom is -0.352 e. The molecule has 160 valence electrons. The summed E-state index contributed by atoms with van der Waals surface area (Å²) in [6.45, 7) is 5.33. The summed E-state index contributed by atoms with van der Waals surface area (Å²) in [4.78, 5) is 40.8. The third-order valence-corrected chi connectivity index (χ3v) is 7.21. The van der Waals surface area contributed by atoms with Gasteiger partial charge in [0.2, 0.25) is 11.8 Å². The highest BCUT2D eigenvalue weighted by atomic mass is 32.1. The molecule has 7 heteroatoms. The zero-order valence-corrected chi connectivity index (χ0v) is 18.3. The van der Waals surface area contributed by atoms with Crippen LogP contribution in [-0.2, 0) is 9.59 Å². The molecule has 1 aromatic rings. The molecule has 0 spiro atoms. The number of carbonyl (C=O) groups is 3. The lowest BCUT2D eigenvalue weighted by atomic mass is 9.87. The molecule has 2 atom stereocenters. The molecule has 3 rings (SSSR count). The first-order valence-corrected chi connectivity index (χ1v) is 11.8. The maximum atomic E-state index is 12.9. The maximum absolute atomic E-state index is 12.9. The molecule has 2 N–H and O–H groups in total. The first-order chi connectivity index (χ1) is 14.0. The SMILES string of the molecule is CCC(C)NC(=O)C(NC(=O)c1cccs1)C1CCN(C(=O)C2CCCC2)CC1. The van der Waals surface area contributed by atoms with Crippen molar-refractivity contribution < 1.29 is 14.4 Å². The van der Waals surface area contributed by atoms with E-state index in [1.54, 1.807) is 6.07 Å². The van der Waals surface area contributed by atoms with Crippen molar-refractivity contribution in [2.75, 3.05) is 13.1 Å². The molecule has 2 heterocycles. The Labute approximate surface area is 177 Å². The Morgan fingerprint density at radius 1 is 1.14 bits per heavy atom. The van der Waals surface area contributed by atoms with Crippen molar-refractivity contribution in [2.24, 2.45) is 11.8 Å². The molecule has 3 amide bonds. The molecule has 0 radical (unpaired) electrons. The second-order valence-electron chi connectivity index (χ2n) is 8.39. The van der Waals surface area contributed by atoms with Crippen molar-refractivity contribution >= 4 is 29.1 Å². The summed E-state index contributed by atoms with van der Waals surface area (Å²) in [5.74, 6) is 0.188. The van der Waals surface area contributed by atoms with Gasteiger partial charge < -0.3 is 15.5 Å². The van der Waals surface area contributed by atoms with Gasteiger partial charge >= 0.3 is 0 Å². The second kappa shape index (κ2) is 10.2. The van der Waals surface area contributed by atoms with Crippen LogP contribution < -0.4 is 10.6 Å². The Morgan fingerprint density at radius 3 is 2.41 bits per heavy atom. The van der Waals surface area contributed by atoms with Crippen LogP contribution in [0.3, 0.4) is 0 Å². The van der Waals surface area contributed by atoms with Crippen LogP contribution >= 0.6 is 11.3 Å². The van der Waals surface area contributed by atoms with Gasteiger partial charge in [-0.3, -0.25) is 14.4 Å². The van der Waals surface area contributed by atoms with Crippen molar-refractivity contribution in [3.63, 3.8) is 0 Å². The molecule has 0 bridgehead atoms. The summed E-state index contributed by atoms with van der Waals surface area (Å²) >= 11 is 1.37. The molecule has 2 unspecified atom stereocenters. The Hall–Kier alpha value is -1.89. The van der Waals surface area contributed by atoms with Crippen LogP contribution in [0.4, 0.5) is 0 Å². The van der Waals surface area contributed by atoms with Gasteiger partial charge in [-0.05, 0) is 56.4 Å². The molecule has 0 aromatic carbocycles. The predicted octanol–water partition coefficient (Wildman–Crippen LogP) is 3.19. The summed E-state index contributed by atoms with van der Waals surface area (Å²) in [6, 6.07) is 3.10. The molecular weight excluding hydrogens is 386 g/mol. The van der Waals surface area contributed by atoms with Gasteiger partial charge in [-0.1, -0.05) is 25.8 Å². The van der Waals surface area contributed by atoms with E-state index < -0.39 is 6.04 Å². The quantitative estimate of drug-likeness (QED) is 0.712. The number of amides is 3. The van der Waals surface area contributed by atoms with Crippen molar-refractivity contribution in [1.29, 1.82) is 0 Å². The van der Waals surface area contributed by atoms with Gasteiger partial charge in [-0.15, -0.1) is 11.3 Å². The van der Waals surface area contributed by atoms with Crippen LogP contribution in [-0.4, -0.2) is 47.8 Å². The lowest BCUT2D eigenvalue weighted by Crippen LogP contribution is -2.55. The van der Waals surface area contributed by atoms with Crippen LogP contribution in [0, 0.1) is 11.8 Å². The molecule has 1 aliphatic carbocycles. The largest absolute Gasteiger partial charge is 0.352 e. The number of nitrogens with zero attached hydrogens (tertiary/aromatic N) is 1. The average molecular weight is 420 g/mol. The number of thiophene rings is 1.